The van der Waals surface area contributed by atoms with E-state index in [4.69, 9.17) is 23.2 Å². The molecule has 2 atom stereocenters. The normalized spacial score (nSPS) is 39.0. The maximum absolute atomic E-state index is 5.75. The first-order valence-electron chi connectivity index (χ1n) is 2.68. The highest BCUT2D eigenvalue weighted by Gasteiger charge is 2.19. The molecule has 1 heterocycles. The summed E-state index contributed by atoms with van der Waals surface area (Å²) < 4.78 is 0. The monoisotopic (exact) mass is 169 g/mol. The first kappa shape index (κ1) is 7.57. The number of halogens is 2. The van der Waals surface area contributed by atoms with E-state index in [-0.39, 0.29) is 11.2 Å². The van der Waals surface area contributed by atoms with Crippen LogP contribution in [0.1, 0.15) is 0 Å². The first-order valence-corrected chi connectivity index (χ1v) is 3.55. The number of nitrogens with one attached hydrogen (secondary N) is 2. The van der Waals surface area contributed by atoms with Crippen LogP contribution in [0.4, 0.5) is 0 Å². The Morgan fingerprint density at radius 2 is 2.22 bits per heavy atom. The van der Waals surface area contributed by atoms with Crippen molar-refractivity contribution in [3.8, 4) is 0 Å². The number of hydrogen-bond acceptors (Lipinski definition) is 3. The lowest BCUT2D eigenvalue weighted by molar-refractivity contribution is 0.188. The van der Waals surface area contributed by atoms with Crippen LogP contribution in [-0.2, 0) is 0 Å². The molecule has 0 aromatic carbocycles. The SMILES string of the molecule is CN1CNC(Cl)NC1Cl. The van der Waals surface area contributed by atoms with E-state index in [1.807, 2.05) is 11.9 Å². The quantitative estimate of drug-likeness (QED) is 0.399. The van der Waals surface area contributed by atoms with Crippen molar-refractivity contribution in [1.29, 1.82) is 0 Å². The van der Waals surface area contributed by atoms with Gasteiger partial charge in [-0.05, 0) is 7.05 Å². The molecule has 0 bridgehead atoms. The van der Waals surface area contributed by atoms with Crippen LogP contribution in [0, 0.1) is 0 Å². The van der Waals surface area contributed by atoms with Crippen LogP contribution < -0.4 is 10.6 Å². The molecule has 0 spiro atoms. The molecule has 1 rings (SSSR count). The molecule has 0 aromatic rings. The molecule has 9 heavy (non-hydrogen) atoms. The summed E-state index contributed by atoms with van der Waals surface area (Å²) in [7, 11) is 1.90. The topological polar surface area (TPSA) is 27.3 Å². The van der Waals surface area contributed by atoms with E-state index in [2.05, 4.69) is 10.6 Å². The second-order valence-electron chi connectivity index (χ2n) is 1.98. The second-order valence-corrected chi connectivity index (χ2v) is 2.83. The summed E-state index contributed by atoms with van der Waals surface area (Å²) in [4.78, 5) is 1.90. The van der Waals surface area contributed by atoms with Crippen LogP contribution in [0.2, 0.25) is 0 Å². The summed E-state index contributed by atoms with van der Waals surface area (Å²) in [6, 6.07) is 0. The fourth-order valence-electron chi connectivity index (χ4n) is 0.611. The molecule has 1 aliphatic heterocycles. The van der Waals surface area contributed by atoms with E-state index in [0.717, 1.165) is 6.67 Å². The Bertz CT molecular complexity index is 99.8. The van der Waals surface area contributed by atoms with E-state index in [1.165, 1.54) is 0 Å². The van der Waals surface area contributed by atoms with Crippen LogP contribution in [0.25, 0.3) is 0 Å². The van der Waals surface area contributed by atoms with Gasteiger partial charge in [-0.2, -0.15) is 0 Å². The molecule has 54 valence electrons. The summed E-state index contributed by atoms with van der Waals surface area (Å²) >= 11 is 11.4. The fourth-order valence-corrected chi connectivity index (χ4v) is 1.06. The van der Waals surface area contributed by atoms with Crippen molar-refractivity contribution in [2.75, 3.05) is 13.7 Å². The van der Waals surface area contributed by atoms with Crippen molar-refractivity contribution in [2.45, 2.75) is 11.2 Å². The first-order chi connectivity index (χ1) is 4.20. The maximum Gasteiger partial charge on any atom is 0.140 e. The molecule has 1 fully saturated rings. The van der Waals surface area contributed by atoms with Gasteiger partial charge in [0.05, 0.1) is 6.67 Å². The van der Waals surface area contributed by atoms with Crippen molar-refractivity contribution in [2.24, 2.45) is 0 Å². The molecule has 5 heteroatoms. The Morgan fingerprint density at radius 3 is 2.67 bits per heavy atom. The Balaban J connectivity index is 2.35. The zero-order valence-corrected chi connectivity index (χ0v) is 6.58. The summed E-state index contributed by atoms with van der Waals surface area (Å²) in [6.07, 6.45) is 0. The van der Waals surface area contributed by atoms with Gasteiger partial charge in [0.2, 0.25) is 0 Å². The zero-order chi connectivity index (χ0) is 6.85. The minimum atomic E-state index is -0.205. The van der Waals surface area contributed by atoms with Crippen molar-refractivity contribution in [1.82, 2.24) is 15.5 Å². The Kier molecular flexibility index (Phi) is 2.55. The molecule has 0 amide bonds. The minimum absolute atomic E-state index is 0.159. The van der Waals surface area contributed by atoms with Gasteiger partial charge in [-0.1, -0.05) is 23.2 Å². The maximum atomic E-state index is 5.75. The molecule has 3 nitrogen and oxygen atoms in total. The van der Waals surface area contributed by atoms with Crippen molar-refractivity contribution < 1.29 is 0 Å². The highest BCUT2D eigenvalue weighted by atomic mass is 35.5. The van der Waals surface area contributed by atoms with Gasteiger partial charge in [0.25, 0.3) is 0 Å². The predicted molar refractivity (Wildman–Crippen MR) is 38.2 cm³/mol. The molecule has 1 saturated heterocycles. The smallest absolute Gasteiger partial charge is 0.140 e. The predicted octanol–water partition coefficient (Wildman–Crippen LogP) is 0.113. The van der Waals surface area contributed by atoms with E-state index in [1.54, 1.807) is 0 Å². The molecule has 0 saturated carbocycles. The summed E-state index contributed by atoms with van der Waals surface area (Å²) in [5.74, 6) is 0. The van der Waals surface area contributed by atoms with Gasteiger partial charge in [0.15, 0.2) is 0 Å². The average Bonchev–Trinajstić information content (AvgIpc) is 1.80. The molecular weight excluding hydrogens is 161 g/mol. The van der Waals surface area contributed by atoms with E-state index in [0.29, 0.717) is 0 Å². The lowest BCUT2D eigenvalue weighted by Crippen LogP contribution is -2.57. The summed E-state index contributed by atoms with van der Waals surface area (Å²) in [6.45, 7) is 0.718. The average molecular weight is 170 g/mol. The van der Waals surface area contributed by atoms with Gasteiger partial charge < -0.3 is 0 Å². The molecule has 0 aliphatic carbocycles. The Morgan fingerprint density at radius 1 is 1.56 bits per heavy atom. The molecule has 1 aliphatic rings. The molecule has 0 radical (unpaired) electrons. The third kappa shape index (κ3) is 1.95. The van der Waals surface area contributed by atoms with E-state index >= 15 is 0 Å². The van der Waals surface area contributed by atoms with Gasteiger partial charge in [0, 0.05) is 0 Å². The van der Waals surface area contributed by atoms with Crippen LogP contribution in [-0.4, -0.2) is 29.9 Å². The van der Waals surface area contributed by atoms with Crippen molar-refractivity contribution in [3.05, 3.63) is 0 Å². The van der Waals surface area contributed by atoms with E-state index < -0.39 is 0 Å². The van der Waals surface area contributed by atoms with Gasteiger partial charge in [0.1, 0.15) is 11.2 Å². The van der Waals surface area contributed by atoms with Gasteiger partial charge >= 0.3 is 0 Å². The summed E-state index contributed by atoms with van der Waals surface area (Å²) in [5.41, 5.74) is -0.363. The van der Waals surface area contributed by atoms with E-state index in [9.17, 15) is 0 Å². The zero-order valence-electron chi connectivity index (χ0n) is 5.06. The minimum Gasteiger partial charge on any atom is -0.276 e. The number of rotatable bonds is 0. The van der Waals surface area contributed by atoms with Crippen molar-refractivity contribution >= 4 is 23.2 Å². The lowest BCUT2D eigenvalue weighted by atomic mass is 10.7. The largest absolute Gasteiger partial charge is 0.276 e. The van der Waals surface area contributed by atoms with Crippen LogP contribution in [0.15, 0.2) is 0 Å². The molecular formula is C4H9Cl2N3. The summed E-state index contributed by atoms with van der Waals surface area (Å²) in [5, 5.41) is 5.83. The van der Waals surface area contributed by atoms with Gasteiger partial charge in [-0.15, -0.1) is 0 Å². The lowest BCUT2D eigenvalue weighted by Gasteiger charge is -2.32. The number of alkyl halides is 2. The van der Waals surface area contributed by atoms with Crippen LogP contribution in [0.5, 0.6) is 0 Å². The Hall–Kier alpha value is 0.460. The molecule has 2 unspecified atom stereocenters. The number of nitrogens with zero attached hydrogens (tertiary/aromatic N) is 1. The number of hydrogen-bond donors (Lipinski definition) is 2. The third-order valence-electron chi connectivity index (χ3n) is 1.19. The Labute approximate surface area is 64.3 Å². The standard InChI is InChI=1S/C4H9Cl2N3/c1-9-2-7-3(5)8-4(9)6/h3-4,7-8H,2H2,1H3. The van der Waals surface area contributed by atoms with Gasteiger partial charge in [-0.25, -0.2) is 0 Å². The van der Waals surface area contributed by atoms with Gasteiger partial charge in [-0.3, -0.25) is 15.5 Å². The molecule has 0 aromatic heterocycles. The fraction of sp³-hybridized carbons (Fsp3) is 1.00. The third-order valence-corrected chi connectivity index (χ3v) is 1.93. The van der Waals surface area contributed by atoms with Crippen molar-refractivity contribution in [3.63, 3.8) is 0 Å². The highest BCUT2D eigenvalue weighted by Crippen LogP contribution is 2.04. The molecule has 2 N–H and O–H groups in total. The van der Waals surface area contributed by atoms with Crippen LogP contribution in [0.3, 0.4) is 0 Å². The second kappa shape index (κ2) is 3.03. The highest BCUT2D eigenvalue weighted by molar-refractivity contribution is 6.22. The van der Waals surface area contributed by atoms with Crippen LogP contribution >= 0.6 is 23.2 Å².